The van der Waals surface area contributed by atoms with Crippen LogP contribution in [0.5, 0.6) is 0 Å². The Hall–Kier alpha value is -1.09. The monoisotopic (exact) mass is 274 g/mol. The van der Waals surface area contributed by atoms with E-state index in [1.807, 2.05) is 0 Å². The van der Waals surface area contributed by atoms with Crippen LogP contribution in [-0.2, 0) is 6.54 Å². The highest BCUT2D eigenvalue weighted by molar-refractivity contribution is 7.80. The van der Waals surface area contributed by atoms with Gasteiger partial charge in [0.05, 0.1) is 0 Å². The smallest absolute Gasteiger partial charge is 0.166 e. The summed E-state index contributed by atoms with van der Waals surface area (Å²) in [7, 11) is 0. The molecule has 2 aliphatic carbocycles. The van der Waals surface area contributed by atoms with E-state index in [1.165, 1.54) is 36.8 Å². The number of aryl methyl sites for hydroxylation is 1. The molecule has 0 spiro atoms. The van der Waals surface area contributed by atoms with Crippen LogP contribution in [0.4, 0.5) is 0 Å². The van der Waals surface area contributed by atoms with Crippen LogP contribution < -0.4 is 10.6 Å². The van der Waals surface area contributed by atoms with E-state index in [9.17, 15) is 0 Å². The second-order valence-corrected chi connectivity index (χ2v) is 6.50. The number of hydrogen-bond donors (Lipinski definition) is 2. The van der Waals surface area contributed by atoms with Gasteiger partial charge < -0.3 is 10.6 Å². The summed E-state index contributed by atoms with van der Waals surface area (Å²) in [6.07, 6.45) is 5.56. The quantitative estimate of drug-likeness (QED) is 0.828. The Morgan fingerprint density at radius 1 is 1.21 bits per heavy atom. The van der Waals surface area contributed by atoms with Gasteiger partial charge in [-0.25, -0.2) is 0 Å². The van der Waals surface area contributed by atoms with Crippen LogP contribution in [0.25, 0.3) is 0 Å². The van der Waals surface area contributed by atoms with E-state index >= 15 is 0 Å². The lowest BCUT2D eigenvalue weighted by Gasteiger charge is -2.24. The third-order valence-electron chi connectivity index (χ3n) is 4.63. The number of rotatable bonds is 3. The number of fused-ring (bicyclic) bond motifs is 2. The molecule has 3 heteroatoms. The minimum Gasteiger partial charge on any atom is -0.360 e. The Morgan fingerprint density at radius 2 is 2.00 bits per heavy atom. The predicted octanol–water partition coefficient (Wildman–Crippen LogP) is 3.15. The molecule has 2 nitrogen and oxygen atoms in total. The zero-order valence-electron chi connectivity index (χ0n) is 11.5. The van der Waals surface area contributed by atoms with Gasteiger partial charge in [-0.2, -0.15) is 0 Å². The van der Waals surface area contributed by atoms with Crippen molar-refractivity contribution in [3.05, 3.63) is 35.4 Å². The number of hydrogen-bond acceptors (Lipinski definition) is 1. The lowest BCUT2D eigenvalue weighted by Crippen LogP contribution is -2.43. The second kappa shape index (κ2) is 5.49. The molecule has 0 aliphatic heterocycles. The highest BCUT2D eigenvalue weighted by Gasteiger charge is 2.39. The zero-order valence-corrected chi connectivity index (χ0v) is 12.3. The summed E-state index contributed by atoms with van der Waals surface area (Å²) in [6, 6.07) is 9.22. The van der Waals surface area contributed by atoms with Gasteiger partial charge in [-0.15, -0.1) is 0 Å². The van der Waals surface area contributed by atoms with Crippen molar-refractivity contribution in [1.29, 1.82) is 0 Å². The SMILES string of the molecule is Cc1ccc(CNC(=S)N[C@H]2C[C@@H]3CC[C@@H]2C3)cc1. The van der Waals surface area contributed by atoms with Gasteiger partial charge in [-0.05, 0) is 55.8 Å². The first-order valence-corrected chi connectivity index (χ1v) is 7.71. The third kappa shape index (κ3) is 3.08. The van der Waals surface area contributed by atoms with Gasteiger partial charge in [0, 0.05) is 12.6 Å². The summed E-state index contributed by atoms with van der Waals surface area (Å²) >= 11 is 5.41. The van der Waals surface area contributed by atoms with Crippen molar-refractivity contribution in [1.82, 2.24) is 10.6 Å². The average molecular weight is 274 g/mol. The highest BCUT2D eigenvalue weighted by atomic mass is 32.1. The number of thiocarbonyl (C=S) groups is 1. The molecule has 2 saturated carbocycles. The molecule has 3 atom stereocenters. The normalized spacial score (nSPS) is 28.4. The van der Waals surface area contributed by atoms with E-state index in [2.05, 4.69) is 41.8 Å². The molecule has 0 aromatic heterocycles. The lowest BCUT2D eigenvalue weighted by atomic mass is 9.96. The van der Waals surface area contributed by atoms with Gasteiger partial charge >= 0.3 is 0 Å². The summed E-state index contributed by atoms with van der Waals surface area (Å²) in [5.74, 6) is 1.83. The van der Waals surface area contributed by atoms with Gasteiger partial charge in [0.1, 0.15) is 0 Å². The van der Waals surface area contributed by atoms with Crippen LogP contribution in [0.2, 0.25) is 0 Å². The van der Waals surface area contributed by atoms with E-state index in [4.69, 9.17) is 12.2 Å². The first kappa shape index (κ1) is 12.9. The summed E-state index contributed by atoms with van der Waals surface area (Å²) in [5.41, 5.74) is 2.58. The Morgan fingerprint density at radius 3 is 2.63 bits per heavy atom. The average Bonchev–Trinajstić information content (AvgIpc) is 3.00. The molecule has 0 amide bonds. The fraction of sp³-hybridized carbons (Fsp3) is 0.562. The maximum Gasteiger partial charge on any atom is 0.166 e. The van der Waals surface area contributed by atoms with Crippen molar-refractivity contribution in [3.63, 3.8) is 0 Å². The largest absolute Gasteiger partial charge is 0.360 e. The van der Waals surface area contributed by atoms with Crippen LogP contribution in [0.15, 0.2) is 24.3 Å². The molecule has 0 radical (unpaired) electrons. The molecule has 2 aliphatic rings. The molecule has 2 N–H and O–H groups in total. The molecule has 19 heavy (non-hydrogen) atoms. The van der Waals surface area contributed by atoms with Crippen molar-refractivity contribution in [2.45, 2.75) is 45.2 Å². The van der Waals surface area contributed by atoms with Crippen molar-refractivity contribution in [3.8, 4) is 0 Å². The number of nitrogens with one attached hydrogen (secondary N) is 2. The molecule has 3 rings (SSSR count). The topological polar surface area (TPSA) is 24.1 Å². The van der Waals surface area contributed by atoms with E-state index in [-0.39, 0.29) is 0 Å². The highest BCUT2D eigenvalue weighted by Crippen LogP contribution is 2.44. The van der Waals surface area contributed by atoms with Crippen LogP contribution >= 0.6 is 12.2 Å². The van der Waals surface area contributed by atoms with E-state index in [0.29, 0.717) is 6.04 Å². The Labute approximate surface area is 121 Å². The molecule has 0 heterocycles. The molecular formula is C16H22N2S. The summed E-state index contributed by atoms with van der Waals surface area (Å²) in [5, 5.41) is 7.66. The van der Waals surface area contributed by atoms with E-state index in [1.54, 1.807) is 0 Å². The van der Waals surface area contributed by atoms with Crippen LogP contribution in [0, 0.1) is 18.8 Å². The predicted molar refractivity (Wildman–Crippen MR) is 83.0 cm³/mol. The first-order chi connectivity index (χ1) is 9.20. The maximum absolute atomic E-state index is 5.41. The van der Waals surface area contributed by atoms with Crippen LogP contribution in [0.3, 0.4) is 0 Å². The second-order valence-electron chi connectivity index (χ2n) is 6.09. The van der Waals surface area contributed by atoms with Crippen LogP contribution in [-0.4, -0.2) is 11.2 Å². The molecule has 1 aromatic carbocycles. The van der Waals surface area contributed by atoms with Crippen molar-refractivity contribution in [2.75, 3.05) is 0 Å². The minimum atomic E-state index is 0.622. The lowest BCUT2D eigenvalue weighted by molar-refractivity contribution is 0.389. The minimum absolute atomic E-state index is 0.622. The molecule has 1 aromatic rings. The molecular weight excluding hydrogens is 252 g/mol. The van der Waals surface area contributed by atoms with E-state index < -0.39 is 0 Å². The maximum atomic E-state index is 5.41. The van der Waals surface area contributed by atoms with Gasteiger partial charge in [0.15, 0.2) is 5.11 Å². The van der Waals surface area contributed by atoms with Gasteiger partial charge in [-0.1, -0.05) is 36.2 Å². The third-order valence-corrected chi connectivity index (χ3v) is 4.89. The molecule has 2 bridgehead atoms. The first-order valence-electron chi connectivity index (χ1n) is 7.30. The van der Waals surface area contributed by atoms with Crippen molar-refractivity contribution in [2.24, 2.45) is 11.8 Å². The van der Waals surface area contributed by atoms with E-state index in [0.717, 1.165) is 23.5 Å². The standard InChI is InChI=1S/C16H22N2S/c1-11-2-4-12(5-3-11)10-17-16(19)18-15-9-13-6-7-14(15)8-13/h2-5,13-15H,6-10H2,1H3,(H2,17,18,19)/t13-,14-,15+/m1/s1. The molecule has 2 fully saturated rings. The van der Waals surface area contributed by atoms with Crippen molar-refractivity contribution >= 4 is 17.3 Å². The Balaban J connectivity index is 1.45. The number of benzene rings is 1. The van der Waals surface area contributed by atoms with Gasteiger partial charge in [0.25, 0.3) is 0 Å². The van der Waals surface area contributed by atoms with Crippen molar-refractivity contribution < 1.29 is 0 Å². The van der Waals surface area contributed by atoms with Gasteiger partial charge in [-0.3, -0.25) is 0 Å². The summed E-state index contributed by atoms with van der Waals surface area (Å²) in [4.78, 5) is 0. The summed E-state index contributed by atoms with van der Waals surface area (Å²) < 4.78 is 0. The fourth-order valence-electron chi connectivity index (χ4n) is 3.53. The molecule has 0 unspecified atom stereocenters. The van der Waals surface area contributed by atoms with Gasteiger partial charge in [0.2, 0.25) is 0 Å². The Bertz CT molecular complexity index is 454. The molecule has 0 saturated heterocycles. The van der Waals surface area contributed by atoms with Crippen LogP contribution in [0.1, 0.15) is 36.8 Å². The fourth-order valence-corrected chi connectivity index (χ4v) is 3.75. The zero-order chi connectivity index (χ0) is 13.2. The Kier molecular flexibility index (Phi) is 3.74. The molecule has 102 valence electrons. The summed E-state index contributed by atoms with van der Waals surface area (Å²) in [6.45, 7) is 2.92.